The Morgan fingerprint density at radius 3 is 2.40 bits per heavy atom. The van der Waals surface area contributed by atoms with Gasteiger partial charge in [0.05, 0.1) is 5.92 Å². The number of carboxylic acid groups (broad SMARTS) is 1. The number of carboxylic acids is 1. The SMILES string of the molecule is O=C(O)C1CCC(C(=O)NCCNc2nccc(C(F)(F)F)n2)CC1. The van der Waals surface area contributed by atoms with Crippen molar-refractivity contribution in [2.24, 2.45) is 11.8 Å². The smallest absolute Gasteiger partial charge is 0.433 e. The van der Waals surface area contributed by atoms with E-state index in [9.17, 15) is 22.8 Å². The van der Waals surface area contributed by atoms with Crippen molar-refractivity contribution in [3.63, 3.8) is 0 Å². The molecule has 1 fully saturated rings. The summed E-state index contributed by atoms with van der Waals surface area (Å²) in [7, 11) is 0. The van der Waals surface area contributed by atoms with Gasteiger partial charge in [-0.1, -0.05) is 0 Å². The van der Waals surface area contributed by atoms with Crippen LogP contribution < -0.4 is 10.6 Å². The Morgan fingerprint density at radius 1 is 1.16 bits per heavy atom. The summed E-state index contributed by atoms with van der Waals surface area (Å²) in [6, 6.07) is 0.778. The first-order valence-corrected chi connectivity index (χ1v) is 7.92. The summed E-state index contributed by atoms with van der Waals surface area (Å²) in [6.45, 7) is 0.384. The molecule has 0 atom stereocenters. The monoisotopic (exact) mass is 360 g/mol. The second-order valence-electron chi connectivity index (χ2n) is 5.87. The molecule has 3 N–H and O–H groups in total. The first-order valence-electron chi connectivity index (χ1n) is 7.92. The van der Waals surface area contributed by atoms with Crippen molar-refractivity contribution in [2.75, 3.05) is 18.4 Å². The van der Waals surface area contributed by atoms with Crippen LogP contribution in [0.2, 0.25) is 0 Å². The molecule has 0 bridgehead atoms. The molecular weight excluding hydrogens is 341 g/mol. The second-order valence-corrected chi connectivity index (χ2v) is 5.87. The van der Waals surface area contributed by atoms with Gasteiger partial charge in [0.2, 0.25) is 11.9 Å². The molecule has 1 amide bonds. The molecule has 0 unspecified atom stereocenters. The highest BCUT2D eigenvalue weighted by Crippen LogP contribution is 2.29. The fourth-order valence-electron chi connectivity index (χ4n) is 2.71. The lowest BCUT2D eigenvalue weighted by molar-refractivity contribution is -0.144. The van der Waals surface area contributed by atoms with E-state index >= 15 is 0 Å². The number of aliphatic carboxylic acids is 1. The second kappa shape index (κ2) is 8.13. The van der Waals surface area contributed by atoms with Crippen molar-refractivity contribution in [2.45, 2.75) is 31.9 Å². The fourth-order valence-corrected chi connectivity index (χ4v) is 2.71. The number of carbonyl (C=O) groups excluding carboxylic acids is 1. The van der Waals surface area contributed by atoms with Gasteiger partial charge in [0.1, 0.15) is 5.69 Å². The van der Waals surface area contributed by atoms with Crippen LogP contribution in [0.3, 0.4) is 0 Å². The molecule has 1 heterocycles. The summed E-state index contributed by atoms with van der Waals surface area (Å²) in [4.78, 5) is 29.9. The number of rotatable bonds is 6. The molecule has 2 rings (SSSR count). The summed E-state index contributed by atoms with van der Waals surface area (Å²) in [5, 5.41) is 14.2. The van der Waals surface area contributed by atoms with Crippen molar-refractivity contribution in [3.05, 3.63) is 18.0 Å². The van der Waals surface area contributed by atoms with Crippen LogP contribution in [0.1, 0.15) is 31.4 Å². The molecule has 0 aliphatic heterocycles. The lowest BCUT2D eigenvalue weighted by Gasteiger charge is -2.25. The first kappa shape index (κ1) is 18.9. The molecule has 0 radical (unpaired) electrons. The van der Waals surface area contributed by atoms with E-state index in [4.69, 9.17) is 5.11 Å². The third-order valence-corrected chi connectivity index (χ3v) is 4.10. The predicted molar refractivity (Wildman–Crippen MR) is 81.6 cm³/mol. The maximum Gasteiger partial charge on any atom is 0.433 e. The third kappa shape index (κ3) is 5.57. The van der Waals surface area contributed by atoms with Gasteiger partial charge < -0.3 is 15.7 Å². The molecule has 10 heteroatoms. The zero-order chi connectivity index (χ0) is 18.4. The summed E-state index contributed by atoms with van der Waals surface area (Å²) in [5.41, 5.74) is -1.04. The van der Waals surface area contributed by atoms with Gasteiger partial charge in [0.25, 0.3) is 0 Å². The van der Waals surface area contributed by atoms with Crippen LogP contribution in [0, 0.1) is 11.8 Å². The van der Waals surface area contributed by atoms with E-state index < -0.39 is 17.8 Å². The van der Waals surface area contributed by atoms with Gasteiger partial charge in [0, 0.05) is 25.2 Å². The molecule has 1 aliphatic carbocycles. The van der Waals surface area contributed by atoms with E-state index in [1.165, 1.54) is 0 Å². The fraction of sp³-hybridized carbons (Fsp3) is 0.600. The number of halogens is 3. The molecule has 0 saturated heterocycles. The van der Waals surface area contributed by atoms with Gasteiger partial charge in [-0.3, -0.25) is 9.59 Å². The summed E-state index contributed by atoms with van der Waals surface area (Å²) < 4.78 is 37.6. The average molecular weight is 360 g/mol. The number of alkyl halides is 3. The van der Waals surface area contributed by atoms with Crippen LogP contribution in [0.4, 0.5) is 19.1 Å². The predicted octanol–water partition coefficient (Wildman–Crippen LogP) is 1.91. The van der Waals surface area contributed by atoms with Gasteiger partial charge in [0.15, 0.2) is 0 Å². The largest absolute Gasteiger partial charge is 0.481 e. The standard InChI is InChI=1S/C15H19F3N4O3/c16-15(17,18)11-5-6-20-14(22-11)21-8-7-19-12(23)9-1-3-10(4-2-9)13(24)25/h5-6,9-10H,1-4,7-8H2,(H,19,23)(H,24,25)(H,20,21,22). The molecule has 1 aromatic heterocycles. The Labute approximate surface area is 142 Å². The number of nitrogens with one attached hydrogen (secondary N) is 2. The van der Waals surface area contributed by atoms with E-state index in [-0.39, 0.29) is 36.8 Å². The zero-order valence-corrected chi connectivity index (χ0v) is 13.3. The Bertz CT molecular complexity index is 616. The third-order valence-electron chi connectivity index (χ3n) is 4.10. The molecule has 25 heavy (non-hydrogen) atoms. The van der Waals surface area contributed by atoms with Crippen molar-refractivity contribution in [1.29, 1.82) is 0 Å². The van der Waals surface area contributed by atoms with Crippen LogP contribution in [0.15, 0.2) is 12.3 Å². The quantitative estimate of drug-likeness (QED) is 0.670. The maximum absolute atomic E-state index is 12.5. The lowest BCUT2D eigenvalue weighted by atomic mass is 9.81. The van der Waals surface area contributed by atoms with Crippen molar-refractivity contribution >= 4 is 17.8 Å². The molecule has 1 aromatic rings. The van der Waals surface area contributed by atoms with Gasteiger partial charge in [-0.25, -0.2) is 9.97 Å². The average Bonchev–Trinajstić information content (AvgIpc) is 2.58. The summed E-state index contributed by atoms with van der Waals surface area (Å²) in [6.07, 6.45) is -1.53. The topological polar surface area (TPSA) is 104 Å². The number of carbonyl (C=O) groups is 2. The first-order chi connectivity index (χ1) is 11.8. The Hall–Kier alpha value is -2.39. The van der Waals surface area contributed by atoms with E-state index in [0.29, 0.717) is 25.7 Å². The van der Waals surface area contributed by atoms with Gasteiger partial charge >= 0.3 is 12.1 Å². The maximum atomic E-state index is 12.5. The van der Waals surface area contributed by atoms with Crippen LogP contribution in [0.25, 0.3) is 0 Å². The van der Waals surface area contributed by atoms with E-state index in [1.54, 1.807) is 0 Å². The summed E-state index contributed by atoms with van der Waals surface area (Å²) in [5.74, 6) is -1.77. The minimum Gasteiger partial charge on any atom is -0.481 e. The minimum absolute atomic E-state index is 0.161. The number of hydrogen-bond donors (Lipinski definition) is 3. The minimum atomic E-state index is -4.54. The summed E-state index contributed by atoms with van der Waals surface area (Å²) >= 11 is 0. The van der Waals surface area contributed by atoms with Crippen LogP contribution >= 0.6 is 0 Å². The normalized spacial score (nSPS) is 20.8. The number of anilines is 1. The number of hydrogen-bond acceptors (Lipinski definition) is 5. The molecule has 1 saturated carbocycles. The number of nitrogens with zero attached hydrogens (tertiary/aromatic N) is 2. The van der Waals surface area contributed by atoms with Crippen LogP contribution in [-0.4, -0.2) is 40.0 Å². The zero-order valence-electron chi connectivity index (χ0n) is 13.3. The molecule has 138 valence electrons. The van der Waals surface area contributed by atoms with Gasteiger partial charge in [-0.05, 0) is 31.7 Å². The van der Waals surface area contributed by atoms with E-state index in [0.717, 1.165) is 12.3 Å². The number of amides is 1. The molecule has 0 aromatic carbocycles. The lowest BCUT2D eigenvalue weighted by Crippen LogP contribution is -2.36. The molecule has 0 spiro atoms. The van der Waals surface area contributed by atoms with Crippen LogP contribution in [0.5, 0.6) is 0 Å². The van der Waals surface area contributed by atoms with Crippen LogP contribution in [-0.2, 0) is 15.8 Å². The van der Waals surface area contributed by atoms with E-state index in [2.05, 4.69) is 20.6 Å². The highest BCUT2D eigenvalue weighted by molar-refractivity contribution is 5.79. The number of aromatic nitrogens is 2. The molecule has 7 nitrogen and oxygen atoms in total. The molecule has 1 aliphatic rings. The van der Waals surface area contributed by atoms with Gasteiger partial charge in [-0.15, -0.1) is 0 Å². The Morgan fingerprint density at radius 2 is 1.80 bits per heavy atom. The van der Waals surface area contributed by atoms with Crippen molar-refractivity contribution in [1.82, 2.24) is 15.3 Å². The Kier molecular flexibility index (Phi) is 6.16. The van der Waals surface area contributed by atoms with Gasteiger partial charge in [-0.2, -0.15) is 13.2 Å². The Balaban J connectivity index is 1.71. The van der Waals surface area contributed by atoms with Crippen molar-refractivity contribution < 1.29 is 27.9 Å². The molecular formula is C15H19F3N4O3. The highest BCUT2D eigenvalue weighted by Gasteiger charge is 2.33. The van der Waals surface area contributed by atoms with E-state index in [1.807, 2.05) is 0 Å². The van der Waals surface area contributed by atoms with Crippen molar-refractivity contribution in [3.8, 4) is 0 Å². The highest BCUT2D eigenvalue weighted by atomic mass is 19.4.